The highest BCUT2D eigenvalue weighted by Crippen LogP contribution is 2.31. The molecule has 3 unspecified atom stereocenters. The van der Waals surface area contributed by atoms with Crippen molar-refractivity contribution in [1.29, 1.82) is 0 Å². The summed E-state index contributed by atoms with van der Waals surface area (Å²) in [7, 11) is 0. The van der Waals surface area contributed by atoms with Crippen LogP contribution >= 0.6 is 0 Å². The quantitative estimate of drug-likeness (QED) is 0.811. The molecule has 2 heteroatoms. The van der Waals surface area contributed by atoms with E-state index in [1.165, 1.54) is 30.6 Å². The first-order valence-corrected chi connectivity index (χ1v) is 7.10. The standard InChI is InChI=1S/C16H23NO/c1-12-5-3-4-6-14(12)7-13(2)17-8-15-10-18-11-16(15)9-17/h3-6,13,15-16H,7-11H2,1-2H3. The Morgan fingerprint density at radius 2 is 1.89 bits per heavy atom. The van der Waals surface area contributed by atoms with Crippen LogP contribution < -0.4 is 0 Å². The molecule has 0 spiro atoms. The second-order valence-electron chi connectivity index (χ2n) is 5.99. The topological polar surface area (TPSA) is 12.5 Å². The number of nitrogens with zero attached hydrogens (tertiary/aromatic N) is 1. The number of ether oxygens (including phenoxy) is 1. The number of fused-ring (bicyclic) bond motifs is 1. The minimum Gasteiger partial charge on any atom is -0.381 e. The molecule has 0 amide bonds. The van der Waals surface area contributed by atoms with Crippen LogP contribution in [0.5, 0.6) is 0 Å². The van der Waals surface area contributed by atoms with E-state index in [4.69, 9.17) is 4.74 Å². The number of rotatable bonds is 3. The maximum atomic E-state index is 5.55. The average Bonchev–Trinajstić information content (AvgIpc) is 2.92. The second kappa shape index (κ2) is 5.02. The van der Waals surface area contributed by atoms with Crippen LogP contribution in [0.3, 0.4) is 0 Å². The van der Waals surface area contributed by atoms with Gasteiger partial charge in [-0.2, -0.15) is 0 Å². The van der Waals surface area contributed by atoms with Crippen LogP contribution in [0.25, 0.3) is 0 Å². The Morgan fingerprint density at radius 3 is 2.56 bits per heavy atom. The molecule has 1 aromatic rings. The Bertz CT molecular complexity index is 405. The lowest BCUT2D eigenvalue weighted by molar-refractivity contribution is 0.142. The lowest BCUT2D eigenvalue weighted by atomic mass is 10.0. The van der Waals surface area contributed by atoms with Gasteiger partial charge in [-0.25, -0.2) is 0 Å². The van der Waals surface area contributed by atoms with Gasteiger partial charge in [-0.3, -0.25) is 4.90 Å². The van der Waals surface area contributed by atoms with Crippen molar-refractivity contribution < 1.29 is 4.74 Å². The van der Waals surface area contributed by atoms with Gasteiger partial charge in [0.2, 0.25) is 0 Å². The Kier molecular flexibility index (Phi) is 3.40. The van der Waals surface area contributed by atoms with E-state index in [0.29, 0.717) is 6.04 Å². The van der Waals surface area contributed by atoms with E-state index in [1.54, 1.807) is 0 Å². The zero-order valence-electron chi connectivity index (χ0n) is 11.4. The highest BCUT2D eigenvalue weighted by atomic mass is 16.5. The molecule has 18 heavy (non-hydrogen) atoms. The SMILES string of the molecule is Cc1ccccc1CC(C)N1CC2COCC2C1. The van der Waals surface area contributed by atoms with Gasteiger partial charge in [0.1, 0.15) is 0 Å². The van der Waals surface area contributed by atoms with Crippen LogP contribution in [0.15, 0.2) is 24.3 Å². The number of benzene rings is 1. The Balaban J connectivity index is 1.62. The summed E-state index contributed by atoms with van der Waals surface area (Å²) in [4.78, 5) is 2.66. The molecule has 0 bridgehead atoms. The number of hydrogen-bond donors (Lipinski definition) is 0. The maximum absolute atomic E-state index is 5.55. The zero-order valence-corrected chi connectivity index (χ0v) is 11.4. The van der Waals surface area contributed by atoms with Crippen LogP contribution in [0.1, 0.15) is 18.1 Å². The molecule has 3 atom stereocenters. The molecular formula is C16H23NO. The molecule has 0 aromatic heterocycles. The molecule has 1 aromatic carbocycles. The first-order chi connectivity index (χ1) is 8.74. The minimum absolute atomic E-state index is 0.650. The summed E-state index contributed by atoms with van der Waals surface area (Å²) in [5.41, 5.74) is 2.92. The first-order valence-electron chi connectivity index (χ1n) is 7.10. The van der Waals surface area contributed by atoms with E-state index in [1.807, 2.05) is 0 Å². The van der Waals surface area contributed by atoms with Gasteiger partial charge < -0.3 is 4.74 Å². The Hall–Kier alpha value is -0.860. The fraction of sp³-hybridized carbons (Fsp3) is 0.625. The van der Waals surface area contributed by atoms with Crippen molar-refractivity contribution >= 4 is 0 Å². The lowest BCUT2D eigenvalue weighted by Gasteiger charge is -2.25. The Labute approximate surface area is 110 Å². The molecule has 98 valence electrons. The summed E-state index contributed by atoms with van der Waals surface area (Å²) < 4.78 is 5.55. The van der Waals surface area contributed by atoms with Crippen molar-refractivity contribution in [2.75, 3.05) is 26.3 Å². The van der Waals surface area contributed by atoms with Gasteiger partial charge in [0, 0.05) is 31.0 Å². The predicted molar refractivity (Wildman–Crippen MR) is 73.7 cm³/mol. The molecule has 2 saturated heterocycles. The molecule has 2 nitrogen and oxygen atoms in total. The fourth-order valence-electron chi connectivity index (χ4n) is 3.37. The number of aryl methyl sites for hydroxylation is 1. The molecule has 2 aliphatic rings. The summed E-state index contributed by atoms with van der Waals surface area (Å²) in [6.45, 7) is 9.02. The van der Waals surface area contributed by atoms with Gasteiger partial charge in [0.25, 0.3) is 0 Å². The van der Waals surface area contributed by atoms with Crippen molar-refractivity contribution in [3.8, 4) is 0 Å². The maximum Gasteiger partial charge on any atom is 0.0510 e. The van der Waals surface area contributed by atoms with Gasteiger partial charge in [-0.1, -0.05) is 24.3 Å². The monoisotopic (exact) mass is 245 g/mol. The molecule has 0 radical (unpaired) electrons. The molecule has 2 fully saturated rings. The van der Waals surface area contributed by atoms with Crippen LogP contribution in [0.4, 0.5) is 0 Å². The van der Waals surface area contributed by atoms with Crippen molar-refractivity contribution in [3.63, 3.8) is 0 Å². The summed E-state index contributed by atoms with van der Waals surface area (Å²) in [5.74, 6) is 1.59. The molecule has 0 saturated carbocycles. The van der Waals surface area contributed by atoms with Crippen molar-refractivity contribution in [3.05, 3.63) is 35.4 Å². The van der Waals surface area contributed by atoms with Crippen molar-refractivity contribution in [2.45, 2.75) is 26.3 Å². The number of hydrogen-bond acceptors (Lipinski definition) is 2. The highest BCUT2D eigenvalue weighted by molar-refractivity contribution is 5.26. The summed E-state index contributed by atoms with van der Waals surface area (Å²) in [5, 5.41) is 0. The van der Waals surface area contributed by atoms with Crippen LogP contribution in [-0.4, -0.2) is 37.2 Å². The smallest absolute Gasteiger partial charge is 0.0510 e. The van der Waals surface area contributed by atoms with Gasteiger partial charge in [0.15, 0.2) is 0 Å². The fourth-order valence-corrected chi connectivity index (χ4v) is 3.37. The lowest BCUT2D eigenvalue weighted by Crippen LogP contribution is -2.34. The minimum atomic E-state index is 0.650. The van der Waals surface area contributed by atoms with Gasteiger partial charge in [-0.15, -0.1) is 0 Å². The predicted octanol–water partition coefficient (Wildman–Crippen LogP) is 2.50. The van der Waals surface area contributed by atoms with Gasteiger partial charge in [-0.05, 0) is 31.4 Å². The third-order valence-corrected chi connectivity index (χ3v) is 4.67. The van der Waals surface area contributed by atoms with Gasteiger partial charge >= 0.3 is 0 Å². The number of likely N-dealkylation sites (tertiary alicyclic amines) is 1. The molecule has 3 rings (SSSR count). The molecular weight excluding hydrogens is 222 g/mol. The molecule has 0 aliphatic carbocycles. The van der Waals surface area contributed by atoms with E-state index in [0.717, 1.165) is 25.0 Å². The van der Waals surface area contributed by atoms with E-state index in [9.17, 15) is 0 Å². The third-order valence-electron chi connectivity index (χ3n) is 4.67. The highest BCUT2D eigenvalue weighted by Gasteiger charge is 2.38. The van der Waals surface area contributed by atoms with Crippen LogP contribution in [-0.2, 0) is 11.2 Å². The molecule has 2 heterocycles. The van der Waals surface area contributed by atoms with Crippen LogP contribution in [0.2, 0.25) is 0 Å². The van der Waals surface area contributed by atoms with Gasteiger partial charge in [0.05, 0.1) is 13.2 Å². The Morgan fingerprint density at radius 1 is 1.22 bits per heavy atom. The van der Waals surface area contributed by atoms with E-state index in [2.05, 4.69) is 43.0 Å². The summed E-state index contributed by atoms with van der Waals surface area (Å²) >= 11 is 0. The molecule has 2 aliphatic heterocycles. The molecule has 0 N–H and O–H groups in total. The van der Waals surface area contributed by atoms with E-state index in [-0.39, 0.29) is 0 Å². The van der Waals surface area contributed by atoms with E-state index >= 15 is 0 Å². The average molecular weight is 245 g/mol. The first kappa shape index (κ1) is 12.2. The second-order valence-corrected chi connectivity index (χ2v) is 5.99. The third kappa shape index (κ3) is 2.32. The summed E-state index contributed by atoms with van der Waals surface area (Å²) in [6.07, 6.45) is 1.17. The van der Waals surface area contributed by atoms with Crippen molar-refractivity contribution in [2.24, 2.45) is 11.8 Å². The van der Waals surface area contributed by atoms with Crippen LogP contribution in [0, 0.1) is 18.8 Å². The zero-order chi connectivity index (χ0) is 12.5. The van der Waals surface area contributed by atoms with Crippen molar-refractivity contribution in [1.82, 2.24) is 4.90 Å². The largest absolute Gasteiger partial charge is 0.381 e. The summed E-state index contributed by atoms with van der Waals surface area (Å²) in [6, 6.07) is 9.42. The normalized spacial score (nSPS) is 29.4. The van der Waals surface area contributed by atoms with E-state index < -0.39 is 0 Å².